The maximum Gasteiger partial charge on any atom is 0.243 e. The molecule has 0 spiro atoms. The molecule has 1 aromatic rings. The molecule has 2 N–H and O–H groups in total. The van der Waals surface area contributed by atoms with Crippen LogP contribution in [0.3, 0.4) is 0 Å². The first-order valence-corrected chi connectivity index (χ1v) is 9.17. The number of halogens is 1. The smallest absolute Gasteiger partial charge is 0.243 e. The van der Waals surface area contributed by atoms with Gasteiger partial charge in [0.25, 0.3) is 0 Å². The topological polar surface area (TPSA) is 72.6 Å². The highest BCUT2D eigenvalue weighted by atomic mass is 79.9. The molecule has 1 aliphatic rings. The lowest BCUT2D eigenvalue weighted by atomic mass is 10.2. The fourth-order valence-electron chi connectivity index (χ4n) is 2.34. The number of hydrogen-bond donors (Lipinski definition) is 1. The van der Waals surface area contributed by atoms with E-state index < -0.39 is 10.0 Å². The van der Waals surface area contributed by atoms with Crippen LogP contribution in [0.5, 0.6) is 0 Å². The normalized spacial score (nSPS) is 17.1. The van der Waals surface area contributed by atoms with Gasteiger partial charge in [0, 0.05) is 29.9 Å². The largest absolute Gasteiger partial charge is 0.398 e. The lowest BCUT2D eigenvalue weighted by Crippen LogP contribution is -2.41. The minimum atomic E-state index is -3.55. The lowest BCUT2D eigenvalue weighted by Gasteiger charge is -2.28. The van der Waals surface area contributed by atoms with Crippen LogP contribution in [0.15, 0.2) is 27.6 Å². The van der Waals surface area contributed by atoms with Gasteiger partial charge in [-0.15, -0.1) is 0 Å². The number of nitrogens with zero attached hydrogens (tertiary/aromatic N) is 1. The van der Waals surface area contributed by atoms with Gasteiger partial charge in [-0.3, -0.25) is 0 Å². The third-order valence-corrected chi connectivity index (χ3v) is 6.52. The van der Waals surface area contributed by atoms with Crippen LogP contribution >= 0.6 is 15.9 Å². The van der Waals surface area contributed by atoms with Crippen molar-refractivity contribution in [3.05, 3.63) is 22.7 Å². The zero-order valence-corrected chi connectivity index (χ0v) is 14.7. The minimum Gasteiger partial charge on any atom is -0.398 e. The number of hydrogen-bond acceptors (Lipinski definition) is 4. The van der Waals surface area contributed by atoms with Crippen molar-refractivity contribution in [2.75, 3.05) is 26.0 Å². The van der Waals surface area contributed by atoms with Crippen LogP contribution in [0.2, 0.25) is 0 Å². The summed E-state index contributed by atoms with van der Waals surface area (Å²) in [4.78, 5) is 0.257. The van der Waals surface area contributed by atoms with E-state index in [-0.39, 0.29) is 10.9 Å². The van der Waals surface area contributed by atoms with Crippen LogP contribution in [-0.4, -0.2) is 39.0 Å². The van der Waals surface area contributed by atoms with E-state index >= 15 is 0 Å². The third kappa shape index (κ3) is 3.77. The number of ether oxygens (including phenoxy) is 1. The molecule has 1 fully saturated rings. The van der Waals surface area contributed by atoms with Crippen molar-refractivity contribution in [1.29, 1.82) is 0 Å². The second kappa shape index (κ2) is 6.64. The molecule has 118 valence electrons. The zero-order chi connectivity index (χ0) is 15.6. The van der Waals surface area contributed by atoms with Crippen molar-refractivity contribution in [2.24, 2.45) is 5.92 Å². The number of methoxy groups -OCH3 is 1. The van der Waals surface area contributed by atoms with Gasteiger partial charge in [-0.25, -0.2) is 8.42 Å². The molecule has 0 bridgehead atoms. The van der Waals surface area contributed by atoms with Crippen molar-refractivity contribution in [1.82, 2.24) is 4.31 Å². The van der Waals surface area contributed by atoms with Gasteiger partial charge in [0.15, 0.2) is 0 Å². The van der Waals surface area contributed by atoms with Gasteiger partial charge >= 0.3 is 0 Å². The van der Waals surface area contributed by atoms with E-state index in [1.54, 1.807) is 29.6 Å². The van der Waals surface area contributed by atoms with Gasteiger partial charge < -0.3 is 10.5 Å². The quantitative estimate of drug-likeness (QED) is 0.741. The number of nitrogens with two attached hydrogens (primary N) is 1. The molecule has 0 heterocycles. The summed E-state index contributed by atoms with van der Waals surface area (Å²) in [5.41, 5.74) is 6.25. The fourth-order valence-corrected chi connectivity index (χ4v) is 4.57. The maximum absolute atomic E-state index is 12.9. The highest BCUT2D eigenvalue weighted by Crippen LogP contribution is 2.37. The molecule has 1 unspecified atom stereocenters. The lowest BCUT2D eigenvalue weighted by molar-refractivity contribution is 0.164. The van der Waals surface area contributed by atoms with Crippen LogP contribution in [0.4, 0.5) is 5.69 Å². The van der Waals surface area contributed by atoms with E-state index in [1.807, 2.05) is 6.92 Å². The van der Waals surface area contributed by atoms with Crippen LogP contribution in [0, 0.1) is 5.92 Å². The predicted molar refractivity (Wildman–Crippen MR) is 86.5 cm³/mol. The number of sulfonamides is 1. The van der Waals surface area contributed by atoms with E-state index in [9.17, 15) is 8.42 Å². The minimum absolute atomic E-state index is 0.0125. The molecule has 1 aromatic carbocycles. The van der Waals surface area contributed by atoms with Crippen LogP contribution in [-0.2, 0) is 14.8 Å². The Kier molecular flexibility index (Phi) is 5.29. The average molecular weight is 377 g/mol. The summed E-state index contributed by atoms with van der Waals surface area (Å²) < 4.78 is 33.0. The number of nitrogen functional groups attached to an aromatic ring is 1. The molecule has 2 rings (SSSR count). The maximum atomic E-state index is 12.9. The number of rotatable bonds is 7. The molecule has 0 saturated heterocycles. The first kappa shape index (κ1) is 16.7. The molecule has 0 aliphatic heterocycles. The van der Waals surface area contributed by atoms with Gasteiger partial charge in [-0.2, -0.15) is 4.31 Å². The van der Waals surface area contributed by atoms with Crippen molar-refractivity contribution in [3.8, 4) is 0 Å². The molecule has 1 aliphatic carbocycles. The van der Waals surface area contributed by atoms with Crippen LogP contribution in [0.25, 0.3) is 0 Å². The molecular weight excluding hydrogens is 356 g/mol. The van der Waals surface area contributed by atoms with Gasteiger partial charge in [0.2, 0.25) is 10.0 Å². The second-order valence-corrected chi connectivity index (χ2v) is 8.11. The van der Waals surface area contributed by atoms with Crippen LogP contribution in [0.1, 0.15) is 19.8 Å². The fraction of sp³-hybridized carbons (Fsp3) is 0.571. The summed E-state index contributed by atoms with van der Waals surface area (Å²) in [5, 5.41) is 0. The SMILES string of the molecule is COCCN(C(C)C1CC1)S(=O)(=O)c1ccc(N)c(Br)c1. The Morgan fingerprint density at radius 3 is 2.67 bits per heavy atom. The summed E-state index contributed by atoms with van der Waals surface area (Å²) in [6, 6.07) is 4.70. The average Bonchev–Trinajstić information content (AvgIpc) is 3.26. The first-order chi connectivity index (χ1) is 9.87. The van der Waals surface area contributed by atoms with Gasteiger partial charge in [-0.1, -0.05) is 0 Å². The van der Waals surface area contributed by atoms with E-state index in [0.29, 0.717) is 29.2 Å². The summed E-state index contributed by atoms with van der Waals surface area (Å²) in [6.07, 6.45) is 2.18. The predicted octanol–water partition coefficient (Wildman–Crippen LogP) is 2.47. The molecule has 21 heavy (non-hydrogen) atoms. The van der Waals surface area contributed by atoms with Crippen molar-refractivity contribution in [2.45, 2.75) is 30.7 Å². The number of benzene rings is 1. The van der Waals surface area contributed by atoms with Crippen molar-refractivity contribution in [3.63, 3.8) is 0 Å². The Labute approximate surface area is 134 Å². The van der Waals surface area contributed by atoms with Gasteiger partial charge in [0.1, 0.15) is 0 Å². The summed E-state index contributed by atoms with van der Waals surface area (Å²) in [5.74, 6) is 0.453. The van der Waals surface area contributed by atoms with E-state index in [0.717, 1.165) is 12.8 Å². The Balaban J connectivity index is 2.33. The highest BCUT2D eigenvalue weighted by molar-refractivity contribution is 9.10. The zero-order valence-electron chi connectivity index (χ0n) is 12.3. The molecule has 0 amide bonds. The molecule has 1 saturated carbocycles. The van der Waals surface area contributed by atoms with Crippen molar-refractivity contribution >= 4 is 31.6 Å². The summed E-state index contributed by atoms with van der Waals surface area (Å²) in [6.45, 7) is 2.71. The van der Waals surface area contributed by atoms with Crippen LogP contribution < -0.4 is 5.73 Å². The highest BCUT2D eigenvalue weighted by Gasteiger charge is 2.38. The Bertz CT molecular complexity index is 602. The molecule has 0 aromatic heterocycles. The van der Waals surface area contributed by atoms with Gasteiger partial charge in [-0.05, 0) is 59.8 Å². The number of anilines is 1. The molecule has 7 heteroatoms. The van der Waals surface area contributed by atoms with Gasteiger partial charge in [0.05, 0.1) is 11.5 Å². The monoisotopic (exact) mass is 376 g/mol. The van der Waals surface area contributed by atoms with Crippen molar-refractivity contribution < 1.29 is 13.2 Å². The standard InChI is InChI=1S/C14H21BrN2O3S/c1-10(11-3-4-11)17(7-8-20-2)21(18,19)12-5-6-14(16)13(15)9-12/h5-6,9-11H,3-4,7-8,16H2,1-2H3. The third-order valence-electron chi connectivity index (χ3n) is 3.85. The summed E-state index contributed by atoms with van der Waals surface area (Å²) >= 11 is 3.29. The van der Waals surface area contributed by atoms with E-state index in [1.165, 1.54) is 0 Å². The molecular formula is C14H21BrN2O3S. The Hall–Kier alpha value is -0.630. The first-order valence-electron chi connectivity index (χ1n) is 6.93. The molecule has 5 nitrogen and oxygen atoms in total. The molecule has 1 atom stereocenters. The van der Waals surface area contributed by atoms with E-state index in [2.05, 4.69) is 15.9 Å². The Morgan fingerprint density at radius 1 is 1.48 bits per heavy atom. The summed E-state index contributed by atoms with van der Waals surface area (Å²) in [7, 11) is -1.97. The van der Waals surface area contributed by atoms with E-state index in [4.69, 9.17) is 10.5 Å². The second-order valence-electron chi connectivity index (χ2n) is 5.37. The molecule has 0 radical (unpaired) electrons. The Morgan fingerprint density at radius 2 is 2.14 bits per heavy atom.